The molecule has 1 rings (SSSR count). The molecule has 19 heavy (non-hydrogen) atoms. The van der Waals surface area contributed by atoms with Crippen LogP contribution in [-0.4, -0.2) is 37.4 Å². The number of hydrogen-bond acceptors (Lipinski definition) is 5. The number of sulfonamides is 1. The van der Waals surface area contributed by atoms with Crippen LogP contribution in [0.1, 0.15) is 12.7 Å². The first-order chi connectivity index (χ1) is 8.64. The van der Waals surface area contributed by atoms with Crippen molar-refractivity contribution in [3.8, 4) is 0 Å². The zero-order valence-corrected chi connectivity index (χ0v) is 10.9. The van der Waals surface area contributed by atoms with E-state index >= 15 is 0 Å². The van der Waals surface area contributed by atoms with E-state index in [0.29, 0.717) is 0 Å². The Balaban J connectivity index is 2.78. The molecule has 0 aliphatic heterocycles. The third kappa shape index (κ3) is 4.99. The highest BCUT2D eigenvalue weighted by atomic mass is 32.2. The van der Waals surface area contributed by atoms with Crippen molar-refractivity contribution in [2.75, 3.05) is 17.6 Å². The van der Waals surface area contributed by atoms with Crippen molar-refractivity contribution in [2.24, 2.45) is 0 Å². The van der Waals surface area contributed by atoms with Crippen LogP contribution in [0, 0.1) is 0 Å². The topological polar surface area (TPSA) is 81.2 Å². The summed E-state index contributed by atoms with van der Waals surface area (Å²) in [5.74, 6) is -1.66. The van der Waals surface area contributed by atoms with Crippen LogP contribution in [0.25, 0.3) is 0 Å². The number of methoxy groups -OCH3 is 1. The normalized spacial score (nSPS) is 14.2. The molecular weight excluding hydrogens is 287 g/mol. The maximum atomic E-state index is 12.2. The molecular formula is C9H12F3N3O3S. The Kier molecular flexibility index (Phi) is 4.69. The van der Waals surface area contributed by atoms with E-state index in [2.05, 4.69) is 14.7 Å². The summed E-state index contributed by atoms with van der Waals surface area (Å²) in [6.45, 7) is 1.54. The maximum absolute atomic E-state index is 12.2. The van der Waals surface area contributed by atoms with E-state index in [1.54, 1.807) is 6.92 Å². The van der Waals surface area contributed by atoms with E-state index in [0.717, 1.165) is 12.4 Å². The van der Waals surface area contributed by atoms with Gasteiger partial charge in [-0.2, -0.15) is 13.2 Å². The highest BCUT2D eigenvalue weighted by Crippen LogP contribution is 2.25. The molecule has 0 aliphatic rings. The summed E-state index contributed by atoms with van der Waals surface area (Å²) in [7, 11) is -2.38. The van der Waals surface area contributed by atoms with E-state index in [-0.39, 0.29) is 11.4 Å². The van der Waals surface area contributed by atoms with Crippen LogP contribution in [0.2, 0.25) is 0 Å². The predicted octanol–water partition coefficient (Wildman–Crippen LogP) is 1.27. The molecule has 1 unspecified atom stereocenters. The lowest BCUT2D eigenvalue weighted by atomic mass is 10.5. The molecule has 0 amide bonds. The Morgan fingerprint density at radius 3 is 2.32 bits per heavy atom. The molecule has 10 heteroatoms. The molecule has 0 fully saturated rings. The highest BCUT2D eigenvalue weighted by molar-refractivity contribution is 7.92. The van der Waals surface area contributed by atoms with Gasteiger partial charge in [0.05, 0.1) is 29.9 Å². The summed E-state index contributed by atoms with van der Waals surface area (Å²) in [6, 6.07) is 0. The van der Waals surface area contributed by atoms with E-state index in [4.69, 9.17) is 4.74 Å². The number of anilines is 1. The zero-order chi connectivity index (χ0) is 14.7. The lowest BCUT2D eigenvalue weighted by molar-refractivity contribution is -0.144. The average molecular weight is 299 g/mol. The lowest BCUT2D eigenvalue weighted by Crippen LogP contribution is -2.25. The molecule has 1 aromatic rings. The average Bonchev–Trinajstić information content (AvgIpc) is 2.27. The smallest absolute Gasteiger partial charge is 0.381 e. The van der Waals surface area contributed by atoms with Gasteiger partial charge in [-0.15, -0.1) is 0 Å². The quantitative estimate of drug-likeness (QED) is 0.885. The van der Waals surface area contributed by atoms with Crippen molar-refractivity contribution < 1.29 is 26.3 Å². The standard InChI is InChI=1S/C9H12F3N3O3S/c1-6(18-2)5-19(16,17)15-7-3-13-8(14-4-7)9(10,11)12/h3-4,6,15H,5H2,1-2H3. The molecule has 0 aliphatic carbocycles. The SMILES string of the molecule is COC(C)CS(=O)(=O)Nc1cnc(C(F)(F)F)nc1. The Morgan fingerprint density at radius 1 is 1.37 bits per heavy atom. The van der Waals surface area contributed by atoms with Crippen LogP contribution in [0.15, 0.2) is 12.4 Å². The number of rotatable bonds is 5. The Bertz CT molecular complexity index is 516. The number of aromatic nitrogens is 2. The number of alkyl halides is 3. The fourth-order valence-electron chi connectivity index (χ4n) is 1.13. The van der Waals surface area contributed by atoms with Gasteiger partial charge in [0.25, 0.3) is 0 Å². The van der Waals surface area contributed by atoms with Crippen molar-refractivity contribution in [3.05, 3.63) is 18.2 Å². The van der Waals surface area contributed by atoms with Crippen LogP contribution in [0.4, 0.5) is 18.9 Å². The first-order valence-corrected chi connectivity index (χ1v) is 6.72. The minimum atomic E-state index is -4.66. The first kappa shape index (κ1) is 15.6. The third-order valence-electron chi connectivity index (χ3n) is 2.04. The molecule has 1 heterocycles. The molecule has 1 N–H and O–H groups in total. The summed E-state index contributed by atoms with van der Waals surface area (Å²) >= 11 is 0. The molecule has 0 radical (unpaired) electrons. The number of nitrogens with zero attached hydrogens (tertiary/aromatic N) is 2. The van der Waals surface area contributed by atoms with Crippen molar-refractivity contribution in [1.29, 1.82) is 0 Å². The number of nitrogens with one attached hydrogen (secondary N) is 1. The molecule has 0 saturated heterocycles. The highest BCUT2D eigenvalue weighted by Gasteiger charge is 2.34. The number of halogens is 3. The van der Waals surface area contributed by atoms with Gasteiger partial charge < -0.3 is 4.74 Å². The predicted molar refractivity (Wildman–Crippen MR) is 60.9 cm³/mol. The lowest BCUT2D eigenvalue weighted by Gasteiger charge is -2.12. The molecule has 1 atom stereocenters. The number of hydrogen-bond donors (Lipinski definition) is 1. The fraction of sp³-hybridized carbons (Fsp3) is 0.556. The van der Waals surface area contributed by atoms with Gasteiger partial charge in [0.1, 0.15) is 0 Å². The van der Waals surface area contributed by atoms with E-state index in [1.807, 2.05) is 0 Å². The molecule has 0 bridgehead atoms. The Hall–Kier alpha value is -1.42. The van der Waals surface area contributed by atoms with Crippen molar-refractivity contribution in [3.63, 3.8) is 0 Å². The Labute approximate surface area is 108 Å². The third-order valence-corrected chi connectivity index (χ3v) is 3.49. The van der Waals surface area contributed by atoms with E-state index < -0.39 is 28.1 Å². The monoisotopic (exact) mass is 299 g/mol. The second kappa shape index (κ2) is 5.70. The zero-order valence-electron chi connectivity index (χ0n) is 10.1. The van der Waals surface area contributed by atoms with Crippen LogP contribution in [0.3, 0.4) is 0 Å². The van der Waals surface area contributed by atoms with Crippen molar-refractivity contribution in [2.45, 2.75) is 19.2 Å². The molecule has 1 aromatic heterocycles. The van der Waals surface area contributed by atoms with Gasteiger partial charge in [-0.05, 0) is 6.92 Å². The molecule has 0 saturated carbocycles. The van der Waals surface area contributed by atoms with Gasteiger partial charge in [-0.1, -0.05) is 0 Å². The van der Waals surface area contributed by atoms with Gasteiger partial charge in [0.2, 0.25) is 15.8 Å². The second-order valence-electron chi connectivity index (χ2n) is 3.72. The van der Waals surface area contributed by atoms with Gasteiger partial charge in [0, 0.05) is 7.11 Å². The molecule has 0 aromatic carbocycles. The molecule has 108 valence electrons. The summed E-state index contributed by atoms with van der Waals surface area (Å²) in [4.78, 5) is 6.08. The summed E-state index contributed by atoms with van der Waals surface area (Å²) in [5.41, 5.74) is -0.142. The van der Waals surface area contributed by atoms with E-state index in [9.17, 15) is 21.6 Å². The van der Waals surface area contributed by atoms with Crippen molar-refractivity contribution >= 4 is 15.7 Å². The summed E-state index contributed by atoms with van der Waals surface area (Å²) in [5, 5.41) is 0. The largest absolute Gasteiger partial charge is 0.451 e. The first-order valence-electron chi connectivity index (χ1n) is 5.06. The molecule has 0 spiro atoms. The van der Waals surface area contributed by atoms with Gasteiger partial charge in [-0.3, -0.25) is 4.72 Å². The fourth-order valence-corrected chi connectivity index (χ4v) is 2.43. The van der Waals surface area contributed by atoms with Gasteiger partial charge in [-0.25, -0.2) is 18.4 Å². The van der Waals surface area contributed by atoms with Crippen LogP contribution in [-0.2, 0) is 20.9 Å². The van der Waals surface area contributed by atoms with Gasteiger partial charge in [0.15, 0.2) is 0 Å². The van der Waals surface area contributed by atoms with Crippen LogP contribution >= 0.6 is 0 Å². The van der Waals surface area contributed by atoms with Crippen molar-refractivity contribution in [1.82, 2.24) is 9.97 Å². The second-order valence-corrected chi connectivity index (χ2v) is 5.49. The minimum Gasteiger partial charge on any atom is -0.381 e. The summed E-state index contributed by atoms with van der Waals surface area (Å²) in [6.07, 6.45) is -3.70. The maximum Gasteiger partial charge on any atom is 0.451 e. The summed E-state index contributed by atoms with van der Waals surface area (Å²) < 4.78 is 66.6. The Morgan fingerprint density at radius 2 is 1.89 bits per heavy atom. The van der Waals surface area contributed by atoms with Crippen LogP contribution in [0.5, 0.6) is 0 Å². The van der Waals surface area contributed by atoms with Crippen LogP contribution < -0.4 is 4.72 Å². The minimum absolute atomic E-state index is 0.142. The molecule has 6 nitrogen and oxygen atoms in total. The van der Waals surface area contributed by atoms with E-state index in [1.165, 1.54) is 7.11 Å². The van der Waals surface area contributed by atoms with Gasteiger partial charge >= 0.3 is 6.18 Å². The number of ether oxygens (including phenoxy) is 1.